The molecule has 0 amide bonds. The number of hydrogen-bond donors (Lipinski definition) is 1. The van der Waals surface area contributed by atoms with Crippen molar-refractivity contribution in [1.82, 2.24) is 14.7 Å². The summed E-state index contributed by atoms with van der Waals surface area (Å²) in [5.41, 5.74) is 0.966. The molecule has 108 valence electrons. The number of aromatic nitrogens is 2. The lowest BCUT2D eigenvalue weighted by atomic mass is 9.89. The highest BCUT2D eigenvalue weighted by atomic mass is 16.3. The van der Waals surface area contributed by atoms with Crippen molar-refractivity contribution in [2.24, 2.45) is 0 Å². The Morgan fingerprint density at radius 2 is 2.00 bits per heavy atom. The van der Waals surface area contributed by atoms with E-state index in [4.69, 9.17) is 0 Å². The SMILES string of the molecule is CCn1cc(CC(O)C(C)(C)N2CCCCC2)cn1. The quantitative estimate of drug-likeness (QED) is 0.886. The van der Waals surface area contributed by atoms with Crippen molar-refractivity contribution in [3.8, 4) is 0 Å². The van der Waals surface area contributed by atoms with Gasteiger partial charge in [0.05, 0.1) is 12.3 Å². The smallest absolute Gasteiger partial charge is 0.0759 e. The Balaban J connectivity index is 1.98. The van der Waals surface area contributed by atoms with Gasteiger partial charge < -0.3 is 5.11 Å². The van der Waals surface area contributed by atoms with Crippen LogP contribution in [0.3, 0.4) is 0 Å². The molecule has 0 saturated carbocycles. The minimum atomic E-state index is -0.347. The molecule has 4 nitrogen and oxygen atoms in total. The van der Waals surface area contributed by atoms with Crippen LogP contribution in [0.15, 0.2) is 12.4 Å². The van der Waals surface area contributed by atoms with Gasteiger partial charge in [0.2, 0.25) is 0 Å². The van der Waals surface area contributed by atoms with Crippen LogP contribution >= 0.6 is 0 Å². The summed E-state index contributed by atoms with van der Waals surface area (Å²) in [5.74, 6) is 0. The predicted octanol–water partition coefficient (Wildman–Crippen LogP) is 2.07. The summed E-state index contributed by atoms with van der Waals surface area (Å²) >= 11 is 0. The molecule has 0 spiro atoms. The molecule has 1 fully saturated rings. The molecule has 19 heavy (non-hydrogen) atoms. The van der Waals surface area contributed by atoms with E-state index in [1.807, 2.05) is 17.1 Å². The number of nitrogens with zero attached hydrogens (tertiary/aromatic N) is 3. The number of aryl methyl sites for hydroxylation is 1. The molecular formula is C15H27N3O. The number of hydrogen-bond acceptors (Lipinski definition) is 3. The van der Waals surface area contributed by atoms with Crippen LogP contribution in [0, 0.1) is 0 Å². The lowest BCUT2D eigenvalue weighted by molar-refractivity contribution is -0.0187. The molecule has 1 saturated heterocycles. The van der Waals surface area contributed by atoms with Crippen LogP contribution in [0.2, 0.25) is 0 Å². The van der Waals surface area contributed by atoms with E-state index in [9.17, 15) is 5.11 Å². The van der Waals surface area contributed by atoms with E-state index in [-0.39, 0.29) is 11.6 Å². The van der Waals surface area contributed by atoms with E-state index < -0.39 is 0 Å². The van der Waals surface area contributed by atoms with Crippen molar-refractivity contribution in [3.05, 3.63) is 18.0 Å². The molecule has 0 bridgehead atoms. The molecule has 1 aliphatic heterocycles. The highest BCUT2D eigenvalue weighted by Crippen LogP contribution is 2.25. The summed E-state index contributed by atoms with van der Waals surface area (Å²) in [6, 6.07) is 0. The maximum absolute atomic E-state index is 10.6. The van der Waals surface area contributed by atoms with Crippen molar-refractivity contribution < 1.29 is 5.11 Å². The third kappa shape index (κ3) is 3.37. The van der Waals surface area contributed by atoms with E-state index in [2.05, 4.69) is 30.8 Å². The van der Waals surface area contributed by atoms with Gasteiger partial charge in [-0.3, -0.25) is 9.58 Å². The first-order valence-electron chi connectivity index (χ1n) is 7.48. The van der Waals surface area contributed by atoms with E-state index in [1.54, 1.807) is 0 Å². The average Bonchev–Trinajstić information content (AvgIpc) is 2.87. The van der Waals surface area contributed by atoms with Crippen LogP contribution in [0.25, 0.3) is 0 Å². The van der Waals surface area contributed by atoms with Gasteiger partial charge in [0.25, 0.3) is 0 Å². The van der Waals surface area contributed by atoms with Crippen LogP contribution in [-0.2, 0) is 13.0 Å². The zero-order valence-corrected chi connectivity index (χ0v) is 12.5. The Morgan fingerprint density at radius 3 is 2.58 bits per heavy atom. The standard InChI is InChI=1S/C15H27N3O/c1-4-18-12-13(11-16-18)10-14(19)15(2,3)17-8-6-5-7-9-17/h11-12,14,19H,4-10H2,1-3H3. The zero-order chi connectivity index (χ0) is 13.9. The second kappa shape index (κ2) is 6.06. The summed E-state index contributed by atoms with van der Waals surface area (Å²) in [6.07, 6.45) is 8.08. The van der Waals surface area contributed by atoms with Crippen molar-refractivity contribution >= 4 is 0 Å². The third-order valence-electron chi connectivity index (χ3n) is 4.43. The van der Waals surface area contributed by atoms with Crippen LogP contribution in [0.4, 0.5) is 0 Å². The monoisotopic (exact) mass is 265 g/mol. The van der Waals surface area contributed by atoms with Gasteiger partial charge in [-0.05, 0) is 52.3 Å². The van der Waals surface area contributed by atoms with E-state index >= 15 is 0 Å². The molecule has 4 heteroatoms. The van der Waals surface area contributed by atoms with Gasteiger partial charge in [-0.25, -0.2) is 0 Å². The van der Waals surface area contributed by atoms with E-state index in [0.717, 1.165) is 25.2 Å². The van der Waals surface area contributed by atoms with Gasteiger partial charge in [0.1, 0.15) is 0 Å². The summed E-state index contributed by atoms with van der Waals surface area (Å²) in [7, 11) is 0. The van der Waals surface area contributed by atoms with Crippen molar-refractivity contribution in [2.75, 3.05) is 13.1 Å². The van der Waals surface area contributed by atoms with Crippen molar-refractivity contribution in [2.45, 2.75) is 64.6 Å². The number of piperidine rings is 1. The summed E-state index contributed by atoms with van der Waals surface area (Å²) in [4.78, 5) is 2.44. The first-order chi connectivity index (χ1) is 9.04. The maximum Gasteiger partial charge on any atom is 0.0759 e. The zero-order valence-electron chi connectivity index (χ0n) is 12.5. The van der Waals surface area contributed by atoms with Crippen LogP contribution in [-0.4, -0.2) is 44.5 Å². The lowest BCUT2D eigenvalue weighted by Gasteiger charge is -2.44. The number of aliphatic hydroxyl groups excluding tert-OH is 1. The Kier molecular flexibility index (Phi) is 4.63. The fourth-order valence-electron chi connectivity index (χ4n) is 2.84. The third-order valence-corrected chi connectivity index (χ3v) is 4.43. The molecule has 0 aromatic carbocycles. The molecule has 1 aromatic rings. The highest BCUT2D eigenvalue weighted by molar-refractivity contribution is 5.08. The molecule has 1 aromatic heterocycles. The second-order valence-corrected chi connectivity index (χ2v) is 6.13. The number of rotatable bonds is 5. The van der Waals surface area contributed by atoms with Gasteiger partial charge in [-0.15, -0.1) is 0 Å². The van der Waals surface area contributed by atoms with Crippen molar-refractivity contribution in [3.63, 3.8) is 0 Å². The first kappa shape index (κ1) is 14.5. The van der Waals surface area contributed by atoms with Gasteiger partial charge in [0, 0.05) is 24.7 Å². The normalized spacial score (nSPS) is 19.6. The Morgan fingerprint density at radius 1 is 1.32 bits per heavy atom. The predicted molar refractivity (Wildman–Crippen MR) is 77.1 cm³/mol. The molecule has 1 aliphatic rings. The Bertz CT molecular complexity index is 394. The molecule has 0 aliphatic carbocycles. The summed E-state index contributed by atoms with van der Waals surface area (Å²) in [5, 5.41) is 14.9. The molecule has 2 rings (SSSR count). The van der Waals surface area contributed by atoms with E-state index in [1.165, 1.54) is 19.3 Å². The lowest BCUT2D eigenvalue weighted by Crippen LogP contribution is -2.54. The second-order valence-electron chi connectivity index (χ2n) is 6.13. The van der Waals surface area contributed by atoms with Crippen LogP contribution in [0.5, 0.6) is 0 Å². The van der Waals surface area contributed by atoms with Crippen LogP contribution in [0.1, 0.15) is 45.6 Å². The molecule has 1 atom stereocenters. The maximum atomic E-state index is 10.6. The fraction of sp³-hybridized carbons (Fsp3) is 0.800. The largest absolute Gasteiger partial charge is 0.391 e. The molecule has 1 N–H and O–H groups in total. The van der Waals surface area contributed by atoms with Gasteiger partial charge in [0.15, 0.2) is 0 Å². The average molecular weight is 265 g/mol. The minimum Gasteiger partial charge on any atom is -0.391 e. The van der Waals surface area contributed by atoms with Gasteiger partial charge in [-0.1, -0.05) is 6.42 Å². The molecule has 2 heterocycles. The van der Waals surface area contributed by atoms with Gasteiger partial charge >= 0.3 is 0 Å². The van der Waals surface area contributed by atoms with Crippen molar-refractivity contribution in [1.29, 1.82) is 0 Å². The fourth-order valence-corrected chi connectivity index (χ4v) is 2.84. The molecule has 1 unspecified atom stereocenters. The molecular weight excluding hydrogens is 238 g/mol. The van der Waals surface area contributed by atoms with Crippen LogP contribution < -0.4 is 0 Å². The topological polar surface area (TPSA) is 41.3 Å². The number of aliphatic hydroxyl groups is 1. The number of likely N-dealkylation sites (tertiary alicyclic amines) is 1. The Hall–Kier alpha value is -0.870. The highest BCUT2D eigenvalue weighted by Gasteiger charge is 2.34. The summed E-state index contributed by atoms with van der Waals surface area (Å²) in [6.45, 7) is 9.49. The van der Waals surface area contributed by atoms with Gasteiger partial charge in [-0.2, -0.15) is 5.10 Å². The Labute approximate surface area is 116 Å². The van der Waals surface area contributed by atoms with E-state index in [0.29, 0.717) is 6.42 Å². The summed E-state index contributed by atoms with van der Waals surface area (Å²) < 4.78 is 1.91. The minimum absolute atomic E-state index is 0.158. The molecule has 0 radical (unpaired) electrons. The first-order valence-corrected chi connectivity index (χ1v) is 7.48.